The highest BCUT2D eigenvalue weighted by Crippen LogP contribution is 2.36. The molecule has 3 aliphatic rings. The van der Waals surface area contributed by atoms with Gasteiger partial charge in [-0.15, -0.1) is 0 Å². The maximum Gasteiger partial charge on any atom is 0.243 e. The minimum atomic E-state index is -2.29. The van der Waals surface area contributed by atoms with E-state index in [9.17, 15) is 58.5 Å². The Kier molecular flexibility index (Phi) is 22.1. The third kappa shape index (κ3) is 15.2. The monoisotopic (exact) mass is 1060 g/mol. The summed E-state index contributed by atoms with van der Waals surface area (Å²) < 4.78 is 22.9. The number of nitrogens with two attached hydrogens (primary N) is 2. The van der Waals surface area contributed by atoms with Gasteiger partial charge in [0.2, 0.25) is 41.4 Å². The lowest BCUT2D eigenvalue weighted by Crippen LogP contribution is -2.56. The Morgan fingerprint density at radius 2 is 1.53 bits per heavy atom. The SMILES string of the molecule is CC[C@H](C)[C@@H]1NC(=O)CNC(=O)C2CC(=O)[C@H]([C@@H](C)[C@@H](O)CO)NC(=O)[C@@H]3CC(O)CN3C(=O)[C@H](CC(N)=O)CC(=O)C(C[S@@](=O)c3c(c4ccc(OC)cc4n3CCCCCCCCN)C2)NC(=O)CNC1=O. The second-order valence-corrected chi connectivity index (χ2v) is 21.2. The van der Waals surface area contributed by atoms with Crippen molar-refractivity contribution in [3.05, 3.63) is 23.8 Å². The molecule has 3 unspecified atom stereocenters. The maximum absolute atomic E-state index is 15.5. The number of unbranched alkanes of at least 4 members (excludes halogenated alkanes) is 5. The Labute approximate surface area is 432 Å². The summed E-state index contributed by atoms with van der Waals surface area (Å²) in [7, 11) is -0.830. The minimum absolute atomic E-state index is 0.117. The van der Waals surface area contributed by atoms with Gasteiger partial charge in [0.25, 0.3) is 0 Å². The molecule has 0 aliphatic carbocycles. The predicted molar refractivity (Wildman–Crippen MR) is 270 cm³/mol. The van der Waals surface area contributed by atoms with E-state index in [0.717, 1.165) is 37.0 Å². The van der Waals surface area contributed by atoms with E-state index < -0.39 is 175 Å². The Morgan fingerprint density at radius 3 is 2.18 bits per heavy atom. The highest BCUT2D eigenvalue weighted by atomic mass is 32.2. The van der Waals surface area contributed by atoms with Crippen LogP contribution in [0.1, 0.15) is 97.0 Å². The van der Waals surface area contributed by atoms with Gasteiger partial charge in [0, 0.05) is 62.1 Å². The van der Waals surface area contributed by atoms with Crippen LogP contribution in [0.4, 0.5) is 0 Å². The average molecular weight is 1060 g/mol. The molecule has 1 fully saturated rings. The fourth-order valence-corrected chi connectivity index (χ4v) is 11.6. The van der Waals surface area contributed by atoms with E-state index in [2.05, 4.69) is 26.6 Å². The van der Waals surface area contributed by atoms with E-state index in [1.54, 1.807) is 36.6 Å². The molecule has 23 nitrogen and oxygen atoms in total. The van der Waals surface area contributed by atoms with E-state index in [1.165, 1.54) is 14.0 Å². The van der Waals surface area contributed by atoms with Crippen molar-refractivity contribution in [1.82, 2.24) is 36.1 Å². The van der Waals surface area contributed by atoms with Crippen LogP contribution >= 0.6 is 0 Å². The highest BCUT2D eigenvalue weighted by Gasteiger charge is 2.45. The second-order valence-electron chi connectivity index (χ2n) is 19.8. The molecule has 7 amide bonds. The van der Waals surface area contributed by atoms with Crippen molar-refractivity contribution in [1.29, 1.82) is 0 Å². The fraction of sp³-hybridized carbons (Fsp3) is 0.660. The zero-order chi connectivity index (χ0) is 54.4. The second kappa shape index (κ2) is 27.6. The predicted octanol–water partition coefficient (Wildman–Crippen LogP) is -1.66. The summed E-state index contributed by atoms with van der Waals surface area (Å²) in [4.78, 5) is 128. The third-order valence-corrected chi connectivity index (χ3v) is 16.0. The number of amides is 7. The van der Waals surface area contributed by atoms with Crippen LogP contribution in [0.5, 0.6) is 5.75 Å². The molecule has 4 heterocycles. The van der Waals surface area contributed by atoms with Crippen molar-refractivity contribution in [2.45, 2.75) is 146 Å². The number of hydrogen-bond donors (Lipinski definition) is 10. The van der Waals surface area contributed by atoms with Crippen LogP contribution in [0.15, 0.2) is 23.2 Å². The molecule has 0 radical (unpaired) electrons. The molecule has 2 bridgehead atoms. The lowest BCUT2D eigenvalue weighted by molar-refractivity contribution is -0.145. The first kappa shape index (κ1) is 59.1. The normalized spacial score (nSPS) is 26.5. The van der Waals surface area contributed by atoms with Crippen molar-refractivity contribution in [2.24, 2.45) is 35.1 Å². The van der Waals surface area contributed by atoms with Gasteiger partial charge >= 0.3 is 0 Å². The molecule has 3 aliphatic heterocycles. The third-order valence-electron chi connectivity index (χ3n) is 14.4. The van der Waals surface area contributed by atoms with Crippen molar-refractivity contribution in [2.75, 3.05) is 45.6 Å². The standard InChI is InChI=1S/C50H75N9O14S/c1-5-27(2)44-48(70)54-22-42(66)55-35-26-74(72)50-34(33-13-12-32(73-4)21-36(33)58(50)15-11-9-7-6-8-10-14-51)16-29(46(68)53-23-43(67)56-44)17-39(63)45(28(3)40(64)25-60)57-47(69)37-20-31(61)24-59(37)49(71)30(18-38(35)62)19-41(52)65/h12-13,21,27-31,35,37,40,44-45,60-61,64H,5-11,14-20,22-26,51H2,1-4H3,(H2,52,65)(H,53,68)(H,54,70)(H,55,66)(H,56,67)(H,57,69)/t27-,28-,29?,30-,31?,35?,37-,40-,44-,45-,74+/m0/s1. The number of aryl methyl sites for hydroxylation is 1. The number of methoxy groups -OCH3 is 1. The molecule has 11 atom stereocenters. The average Bonchev–Trinajstić information content (AvgIpc) is 3.91. The number of aliphatic hydroxyl groups is 3. The summed E-state index contributed by atoms with van der Waals surface area (Å²) in [6.07, 6.45) is -0.535. The largest absolute Gasteiger partial charge is 0.497 e. The number of aliphatic hydroxyl groups excluding tert-OH is 3. The van der Waals surface area contributed by atoms with Crippen LogP contribution in [0.3, 0.4) is 0 Å². The quantitative estimate of drug-likeness (QED) is 0.0842. The number of carbonyl (C=O) groups is 9. The molecule has 0 saturated carbocycles. The fourth-order valence-electron chi connectivity index (χ4n) is 9.94. The first-order chi connectivity index (χ1) is 35.2. The Morgan fingerprint density at radius 1 is 0.865 bits per heavy atom. The molecule has 24 heteroatoms. The highest BCUT2D eigenvalue weighted by molar-refractivity contribution is 7.85. The molecule has 1 saturated heterocycles. The number of fused-ring (bicyclic) bond motifs is 5. The number of benzene rings is 1. The number of primary amides is 1. The number of nitrogens with zero attached hydrogens (tertiary/aromatic N) is 2. The number of ketones is 2. The van der Waals surface area contributed by atoms with Crippen molar-refractivity contribution in [3.8, 4) is 5.75 Å². The number of aromatic nitrogens is 1. The summed E-state index contributed by atoms with van der Waals surface area (Å²) in [6, 6.07) is -0.967. The van der Waals surface area contributed by atoms with Gasteiger partial charge < -0.3 is 67.6 Å². The Bertz CT molecular complexity index is 2420. The van der Waals surface area contributed by atoms with Crippen LogP contribution in [-0.2, 0) is 66.9 Å². The van der Waals surface area contributed by atoms with Gasteiger partial charge in [-0.3, -0.25) is 47.4 Å². The van der Waals surface area contributed by atoms with Crippen LogP contribution in [-0.4, -0.2) is 164 Å². The number of Topliss-reactive ketones (excluding diaryl/α,β-unsaturated/α-hetero) is 2. The van der Waals surface area contributed by atoms with E-state index >= 15 is 4.21 Å². The van der Waals surface area contributed by atoms with Crippen LogP contribution in [0.25, 0.3) is 10.9 Å². The van der Waals surface area contributed by atoms with E-state index in [0.29, 0.717) is 41.6 Å². The minimum Gasteiger partial charge on any atom is -0.497 e. The van der Waals surface area contributed by atoms with Crippen LogP contribution in [0, 0.1) is 23.7 Å². The van der Waals surface area contributed by atoms with Crippen LogP contribution in [0.2, 0.25) is 0 Å². The van der Waals surface area contributed by atoms with Gasteiger partial charge in [-0.05, 0) is 49.4 Å². The van der Waals surface area contributed by atoms with Crippen molar-refractivity contribution < 1.29 is 67.4 Å². The zero-order valence-electron chi connectivity index (χ0n) is 42.7. The number of hydrogen-bond acceptors (Lipinski definition) is 15. The maximum atomic E-state index is 15.5. The molecule has 1 aromatic carbocycles. The van der Waals surface area contributed by atoms with E-state index in [1.807, 2.05) is 0 Å². The lowest BCUT2D eigenvalue weighted by atomic mass is 9.85. The Hall–Kier alpha value is -5.82. The van der Waals surface area contributed by atoms with Gasteiger partial charge in [-0.2, -0.15) is 0 Å². The van der Waals surface area contributed by atoms with Crippen molar-refractivity contribution in [3.63, 3.8) is 0 Å². The molecular formula is C50H75N9O14S. The van der Waals surface area contributed by atoms with Gasteiger partial charge in [0.15, 0.2) is 11.6 Å². The molecule has 5 rings (SSSR count). The van der Waals surface area contributed by atoms with Gasteiger partial charge in [0.1, 0.15) is 22.9 Å². The van der Waals surface area contributed by atoms with Gasteiger partial charge in [-0.25, -0.2) is 0 Å². The summed E-state index contributed by atoms with van der Waals surface area (Å²) in [5, 5.41) is 45.4. The number of carbonyl (C=O) groups excluding carboxylic acids is 9. The molecule has 74 heavy (non-hydrogen) atoms. The topological polar surface area (TPSA) is 361 Å². The number of rotatable bonds is 16. The van der Waals surface area contributed by atoms with Gasteiger partial charge in [-0.1, -0.05) is 52.9 Å². The molecular weight excluding hydrogens is 983 g/mol. The first-order valence-corrected chi connectivity index (χ1v) is 26.9. The summed E-state index contributed by atoms with van der Waals surface area (Å²) in [5.74, 6) is -12.9. The molecule has 2 aromatic rings. The van der Waals surface area contributed by atoms with E-state index in [4.69, 9.17) is 16.2 Å². The molecule has 1 aromatic heterocycles. The Balaban J connectivity index is 1.80. The summed E-state index contributed by atoms with van der Waals surface area (Å²) >= 11 is 0. The summed E-state index contributed by atoms with van der Waals surface area (Å²) in [5.41, 5.74) is 12.2. The molecule has 0 spiro atoms. The van der Waals surface area contributed by atoms with Crippen molar-refractivity contribution >= 4 is 74.6 Å². The molecule has 12 N–H and O–H groups in total. The number of ether oxygens (including phenoxy) is 1. The smallest absolute Gasteiger partial charge is 0.243 e. The van der Waals surface area contributed by atoms with Crippen LogP contribution < -0.4 is 42.8 Å². The number of nitrogens with one attached hydrogen (secondary N) is 5. The zero-order valence-corrected chi connectivity index (χ0v) is 43.5. The lowest BCUT2D eigenvalue weighted by Gasteiger charge is -2.32. The van der Waals surface area contributed by atoms with E-state index in [-0.39, 0.29) is 24.4 Å². The molecule has 410 valence electrons. The first-order valence-electron chi connectivity index (χ1n) is 25.6. The van der Waals surface area contributed by atoms with Gasteiger partial charge in [0.05, 0.1) is 79.1 Å². The summed E-state index contributed by atoms with van der Waals surface area (Å²) in [6.45, 7) is 2.96.